The van der Waals surface area contributed by atoms with Gasteiger partial charge in [-0.05, 0) is 42.2 Å². The average molecular weight is 349 g/mol. The topological polar surface area (TPSA) is 38.8 Å². The second-order valence-electron chi connectivity index (χ2n) is 6.83. The van der Waals surface area contributed by atoms with E-state index in [0.29, 0.717) is 5.92 Å². The molecule has 0 aliphatic carbocycles. The first-order valence-corrected chi connectivity index (χ1v) is 9.21. The van der Waals surface area contributed by atoms with E-state index in [9.17, 15) is 4.79 Å². The molecule has 0 saturated carbocycles. The fourth-order valence-electron chi connectivity index (χ4n) is 3.63. The Bertz CT molecular complexity index is 800. The van der Waals surface area contributed by atoms with Gasteiger partial charge in [-0.1, -0.05) is 42.8 Å². The van der Waals surface area contributed by atoms with Crippen molar-refractivity contribution in [3.8, 4) is 11.5 Å². The molecule has 2 aliphatic heterocycles. The Kier molecular flexibility index (Phi) is 4.91. The molecule has 2 heterocycles. The van der Waals surface area contributed by atoms with E-state index in [1.807, 2.05) is 35.2 Å². The molecule has 134 valence electrons. The SMILES string of the molecule is O=C(/C=C/c1ccc2c(c1)OCO2)N1CCCCC(c2ccccc2)C1. The van der Waals surface area contributed by atoms with Crippen LogP contribution >= 0.6 is 0 Å². The first-order chi connectivity index (χ1) is 12.8. The van der Waals surface area contributed by atoms with Gasteiger partial charge in [-0.3, -0.25) is 4.79 Å². The van der Waals surface area contributed by atoms with Crippen molar-refractivity contribution in [2.75, 3.05) is 19.9 Å². The predicted octanol–water partition coefficient (Wildman–Crippen LogP) is 4.22. The van der Waals surface area contributed by atoms with Crippen LogP contribution in [0.5, 0.6) is 11.5 Å². The molecule has 0 radical (unpaired) electrons. The maximum atomic E-state index is 12.7. The third kappa shape index (κ3) is 3.74. The van der Waals surface area contributed by atoms with Crippen LogP contribution in [0, 0.1) is 0 Å². The molecule has 1 saturated heterocycles. The Morgan fingerprint density at radius 2 is 1.88 bits per heavy atom. The molecule has 1 amide bonds. The number of ether oxygens (including phenoxy) is 2. The number of likely N-dealkylation sites (tertiary alicyclic amines) is 1. The Hall–Kier alpha value is -2.75. The van der Waals surface area contributed by atoms with Crippen molar-refractivity contribution in [1.29, 1.82) is 0 Å². The van der Waals surface area contributed by atoms with Crippen LogP contribution in [0.25, 0.3) is 6.08 Å². The monoisotopic (exact) mass is 349 g/mol. The zero-order valence-electron chi connectivity index (χ0n) is 14.8. The number of carbonyl (C=O) groups is 1. The third-order valence-corrected chi connectivity index (χ3v) is 5.07. The van der Waals surface area contributed by atoms with E-state index in [-0.39, 0.29) is 12.7 Å². The lowest BCUT2D eigenvalue weighted by Gasteiger charge is -2.23. The number of rotatable bonds is 3. The molecule has 0 N–H and O–H groups in total. The molecule has 4 nitrogen and oxygen atoms in total. The molecule has 4 heteroatoms. The van der Waals surface area contributed by atoms with Crippen LogP contribution in [0.15, 0.2) is 54.6 Å². The van der Waals surface area contributed by atoms with Gasteiger partial charge in [-0.15, -0.1) is 0 Å². The van der Waals surface area contributed by atoms with Gasteiger partial charge in [-0.2, -0.15) is 0 Å². The summed E-state index contributed by atoms with van der Waals surface area (Å²) >= 11 is 0. The zero-order valence-corrected chi connectivity index (χ0v) is 14.8. The van der Waals surface area contributed by atoms with Gasteiger partial charge in [0, 0.05) is 25.1 Å². The van der Waals surface area contributed by atoms with Crippen LogP contribution in [0.2, 0.25) is 0 Å². The molecule has 2 aliphatic rings. The van der Waals surface area contributed by atoms with Gasteiger partial charge in [-0.25, -0.2) is 0 Å². The van der Waals surface area contributed by atoms with Gasteiger partial charge in [0.15, 0.2) is 11.5 Å². The van der Waals surface area contributed by atoms with E-state index in [1.54, 1.807) is 6.08 Å². The van der Waals surface area contributed by atoms with Crippen molar-refractivity contribution < 1.29 is 14.3 Å². The van der Waals surface area contributed by atoms with E-state index in [4.69, 9.17) is 9.47 Å². The van der Waals surface area contributed by atoms with Crippen molar-refractivity contribution in [3.05, 3.63) is 65.7 Å². The van der Waals surface area contributed by atoms with E-state index in [2.05, 4.69) is 24.3 Å². The fraction of sp³-hybridized carbons (Fsp3) is 0.318. The van der Waals surface area contributed by atoms with Crippen LogP contribution in [0.4, 0.5) is 0 Å². The van der Waals surface area contributed by atoms with E-state index < -0.39 is 0 Å². The van der Waals surface area contributed by atoms with Gasteiger partial charge in [0.05, 0.1) is 0 Å². The normalized spacial score (nSPS) is 19.5. The molecular weight excluding hydrogens is 326 g/mol. The molecule has 1 fully saturated rings. The van der Waals surface area contributed by atoms with Crippen molar-refractivity contribution in [2.45, 2.75) is 25.2 Å². The Balaban J connectivity index is 1.44. The summed E-state index contributed by atoms with van der Waals surface area (Å²) in [7, 11) is 0. The molecule has 0 spiro atoms. The second kappa shape index (κ2) is 7.65. The number of hydrogen-bond acceptors (Lipinski definition) is 3. The summed E-state index contributed by atoms with van der Waals surface area (Å²) in [5.74, 6) is 1.98. The van der Waals surface area contributed by atoms with Crippen LogP contribution < -0.4 is 9.47 Å². The highest BCUT2D eigenvalue weighted by atomic mass is 16.7. The standard InChI is InChI=1S/C22H23NO3/c24-22(12-10-17-9-11-20-21(14-17)26-16-25-20)23-13-5-4-8-19(15-23)18-6-2-1-3-7-18/h1-3,6-7,9-12,14,19H,4-5,8,13,15-16H2/b12-10+. The predicted molar refractivity (Wildman–Crippen MR) is 101 cm³/mol. The van der Waals surface area contributed by atoms with Gasteiger partial charge >= 0.3 is 0 Å². The largest absolute Gasteiger partial charge is 0.454 e. The molecule has 4 rings (SSSR count). The highest BCUT2D eigenvalue weighted by Gasteiger charge is 2.22. The number of hydrogen-bond donors (Lipinski definition) is 0. The number of carbonyl (C=O) groups excluding carboxylic acids is 1. The van der Waals surface area contributed by atoms with Crippen LogP contribution in [-0.4, -0.2) is 30.7 Å². The van der Waals surface area contributed by atoms with Gasteiger partial charge in [0.25, 0.3) is 0 Å². The molecule has 0 aromatic heterocycles. The minimum absolute atomic E-state index is 0.0745. The van der Waals surface area contributed by atoms with Crippen LogP contribution in [0.1, 0.15) is 36.3 Å². The smallest absolute Gasteiger partial charge is 0.246 e. The second-order valence-corrected chi connectivity index (χ2v) is 6.83. The summed E-state index contributed by atoms with van der Waals surface area (Å²) in [5.41, 5.74) is 2.27. The van der Waals surface area contributed by atoms with Crippen molar-refractivity contribution >= 4 is 12.0 Å². The minimum atomic E-state index is 0.0745. The average Bonchev–Trinajstić information content (AvgIpc) is 3.01. The molecule has 26 heavy (non-hydrogen) atoms. The van der Waals surface area contributed by atoms with Crippen molar-refractivity contribution in [1.82, 2.24) is 4.90 Å². The molecule has 0 bridgehead atoms. The molecule has 2 aromatic rings. The Morgan fingerprint density at radius 1 is 1.04 bits per heavy atom. The van der Waals surface area contributed by atoms with Crippen molar-refractivity contribution in [3.63, 3.8) is 0 Å². The first-order valence-electron chi connectivity index (χ1n) is 9.21. The molecule has 1 atom stereocenters. The lowest BCUT2D eigenvalue weighted by molar-refractivity contribution is -0.126. The summed E-state index contributed by atoms with van der Waals surface area (Å²) in [4.78, 5) is 14.7. The number of fused-ring (bicyclic) bond motifs is 1. The quantitative estimate of drug-likeness (QED) is 0.779. The third-order valence-electron chi connectivity index (χ3n) is 5.07. The number of benzene rings is 2. The van der Waals surface area contributed by atoms with E-state index in [1.165, 1.54) is 5.56 Å². The van der Waals surface area contributed by atoms with Crippen molar-refractivity contribution in [2.24, 2.45) is 0 Å². The summed E-state index contributed by atoms with van der Waals surface area (Å²) in [6, 6.07) is 16.2. The Morgan fingerprint density at radius 3 is 2.77 bits per heavy atom. The molecule has 1 unspecified atom stereocenters. The van der Waals surface area contributed by atoms with E-state index in [0.717, 1.165) is 49.4 Å². The van der Waals surface area contributed by atoms with Gasteiger partial charge in [0.1, 0.15) is 0 Å². The van der Waals surface area contributed by atoms with Gasteiger partial charge < -0.3 is 14.4 Å². The summed E-state index contributed by atoms with van der Waals surface area (Å²) in [6.07, 6.45) is 6.89. The molecule has 2 aromatic carbocycles. The first kappa shape index (κ1) is 16.7. The minimum Gasteiger partial charge on any atom is -0.454 e. The number of nitrogens with zero attached hydrogens (tertiary/aromatic N) is 1. The number of amides is 1. The Labute approximate surface area is 154 Å². The van der Waals surface area contributed by atoms with Crippen LogP contribution in [-0.2, 0) is 4.79 Å². The highest BCUT2D eigenvalue weighted by Crippen LogP contribution is 2.33. The zero-order chi connectivity index (χ0) is 17.8. The highest BCUT2D eigenvalue weighted by molar-refractivity contribution is 5.92. The molecular formula is C22H23NO3. The van der Waals surface area contributed by atoms with Crippen LogP contribution in [0.3, 0.4) is 0 Å². The lowest BCUT2D eigenvalue weighted by Crippen LogP contribution is -2.32. The maximum absolute atomic E-state index is 12.7. The fourth-order valence-corrected chi connectivity index (χ4v) is 3.63. The summed E-state index contributed by atoms with van der Waals surface area (Å²) < 4.78 is 10.7. The van der Waals surface area contributed by atoms with E-state index >= 15 is 0 Å². The lowest BCUT2D eigenvalue weighted by atomic mass is 9.94. The van der Waals surface area contributed by atoms with Gasteiger partial charge in [0.2, 0.25) is 12.7 Å². The summed E-state index contributed by atoms with van der Waals surface area (Å²) in [6.45, 7) is 1.87. The summed E-state index contributed by atoms with van der Waals surface area (Å²) in [5, 5.41) is 0. The maximum Gasteiger partial charge on any atom is 0.246 e.